The Morgan fingerprint density at radius 1 is 1.11 bits per heavy atom. The lowest BCUT2D eigenvalue weighted by Crippen LogP contribution is -2.21. The fourth-order valence-electron chi connectivity index (χ4n) is 3.67. The molecule has 14 heteroatoms. The van der Waals surface area contributed by atoms with Crippen molar-refractivity contribution in [3.63, 3.8) is 0 Å². The predicted octanol–water partition coefficient (Wildman–Crippen LogP) is 4.99. The first-order chi connectivity index (χ1) is 18.0. The number of halogens is 5. The van der Waals surface area contributed by atoms with Crippen LogP contribution in [0.4, 0.5) is 27.6 Å². The minimum atomic E-state index is -5.08. The van der Waals surface area contributed by atoms with Gasteiger partial charge in [0.05, 0.1) is 11.8 Å². The van der Waals surface area contributed by atoms with Crippen LogP contribution in [0.5, 0.6) is 5.75 Å². The quantitative estimate of drug-likeness (QED) is 0.422. The van der Waals surface area contributed by atoms with Crippen molar-refractivity contribution in [1.82, 2.24) is 14.4 Å². The number of anilines is 1. The summed E-state index contributed by atoms with van der Waals surface area (Å²) in [4.78, 5) is 30.1. The topological polar surface area (TPSA) is 115 Å². The number of nitrogens with one attached hydrogen (secondary N) is 1. The Morgan fingerprint density at radius 2 is 1.79 bits per heavy atom. The average Bonchev–Trinajstić information content (AvgIpc) is 3.60. The Bertz CT molecular complexity index is 1300. The number of hydrogen-bond acceptors (Lipinski definition) is 6. The monoisotopic (exact) mass is 542 g/mol. The second-order valence-corrected chi connectivity index (χ2v) is 8.69. The summed E-state index contributed by atoms with van der Waals surface area (Å²) in [6.45, 7) is 1.45. The molecule has 0 unspecified atom stereocenters. The molecule has 2 aliphatic rings. The van der Waals surface area contributed by atoms with Crippen LogP contribution in [0.2, 0.25) is 0 Å². The lowest BCUT2D eigenvalue weighted by atomic mass is 9.97. The molecule has 1 aliphatic carbocycles. The molecule has 1 saturated heterocycles. The molecule has 3 aromatic heterocycles. The zero-order chi connectivity index (χ0) is 27.4. The number of ether oxygens (including phenoxy) is 2. The Labute approximate surface area is 212 Å². The van der Waals surface area contributed by atoms with E-state index in [2.05, 4.69) is 10.3 Å². The number of imidazole rings is 1. The molecule has 38 heavy (non-hydrogen) atoms. The molecule has 204 valence electrons. The van der Waals surface area contributed by atoms with E-state index in [0.717, 1.165) is 50.2 Å². The first-order valence-electron chi connectivity index (χ1n) is 11.6. The molecule has 4 heterocycles. The predicted molar refractivity (Wildman–Crippen MR) is 122 cm³/mol. The third-order valence-electron chi connectivity index (χ3n) is 5.75. The molecule has 3 aromatic rings. The number of carboxylic acids is 1. The van der Waals surface area contributed by atoms with Gasteiger partial charge in [0.15, 0.2) is 0 Å². The molecule has 0 spiro atoms. The smallest absolute Gasteiger partial charge is 0.488 e. The molecule has 2 fully saturated rings. The van der Waals surface area contributed by atoms with Crippen LogP contribution >= 0.6 is 0 Å². The van der Waals surface area contributed by atoms with Crippen LogP contribution in [-0.2, 0) is 9.53 Å². The van der Waals surface area contributed by atoms with Crippen LogP contribution in [0.25, 0.3) is 5.65 Å². The molecule has 0 aromatic carbocycles. The van der Waals surface area contributed by atoms with Crippen molar-refractivity contribution in [3.8, 4) is 5.75 Å². The number of carbonyl (C=O) groups excluding carboxylic acids is 1. The summed E-state index contributed by atoms with van der Waals surface area (Å²) in [5.41, 5.74) is 1.64. The van der Waals surface area contributed by atoms with Crippen LogP contribution in [-0.4, -0.2) is 56.8 Å². The number of carbonyl (C=O) groups is 2. The molecule has 1 saturated carbocycles. The fourth-order valence-corrected chi connectivity index (χ4v) is 3.67. The lowest BCUT2D eigenvalue weighted by Gasteiger charge is -2.19. The number of rotatable bonds is 6. The highest BCUT2D eigenvalue weighted by molar-refractivity contribution is 6.03. The summed E-state index contributed by atoms with van der Waals surface area (Å²) in [6, 6.07) is 5.80. The third-order valence-corrected chi connectivity index (χ3v) is 5.75. The van der Waals surface area contributed by atoms with E-state index in [4.69, 9.17) is 24.4 Å². The van der Waals surface area contributed by atoms with Crippen molar-refractivity contribution in [2.45, 2.75) is 50.3 Å². The third kappa shape index (κ3) is 6.94. The molecule has 0 atom stereocenters. The Balaban J connectivity index is 0.000000426. The van der Waals surface area contributed by atoms with Crippen molar-refractivity contribution in [1.29, 1.82) is 0 Å². The van der Waals surface area contributed by atoms with Crippen molar-refractivity contribution >= 4 is 23.2 Å². The van der Waals surface area contributed by atoms with Gasteiger partial charge in [0.1, 0.15) is 28.5 Å². The van der Waals surface area contributed by atoms with Crippen LogP contribution in [0, 0.1) is 0 Å². The Morgan fingerprint density at radius 3 is 2.39 bits per heavy atom. The maximum Gasteiger partial charge on any atom is 0.490 e. The van der Waals surface area contributed by atoms with E-state index in [1.165, 1.54) is 18.2 Å². The van der Waals surface area contributed by atoms with Crippen molar-refractivity contribution in [2.75, 3.05) is 18.5 Å². The molecule has 0 radical (unpaired) electrons. The molecule has 9 nitrogen and oxygen atoms in total. The van der Waals surface area contributed by atoms with Crippen molar-refractivity contribution < 1.29 is 46.1 Å². The minimum absolute atomic E-state index is 0.0798. The summed E-state index contributed by atoms with van der Waals surface area (Å²) in [5, 5.41) is 9.89. The van der Waals surface area contributed by atoms with Gasteiger partial charge in [-0.2, -0.15) is 13.2 Å². The van der Waals surface area contributed by atoms with Gasteiger partial charge >= 0.3 is 12.1 Å². The maximum atomic E-state index is 12.9. The Hall–Kier alpha value is -3.81. The van der Waals surface area contributed by atoms with Crippen LogP contribution < -0.4 is 10.1 Å². The first kappa shape index (κ1) is 27.2. The summed E-state index contributed by atoms with van der Waals surface area (Å²) >= 11 is 0. The number of alkyl halides is 5. The SMILES string of the molecule is O=C(Nc1cn2cc(C3CCOCC3)nc2cc1OC1CC1)c1cccc(C(F)F)n1.O=C(O)C(F)(F)F. The highest BCUT2D eigenvalue weighted by Gasteiger charge is 2.38. The van der Waals surface area contributed by atoms with Gasteiger partial charge < -0.3 is 24.3 Å². The minimum Gasteiger partial charge on any atom is -0.488 e. The second kappa shape index (κ2) is 11.3. The highest BCUT2D eigenvalue weighted by atomic mass is 19.4. The fraction of sp³-hybridized carbons (Fsp3) is 0.417. The maximum absolute atomic E-state index is 12.9. The molecule has 1 amide bonds. The van der Waals surface area contributed by atoms with Crippen LogP contribution in [0.15, 0.2) is 36.7 Å². The van der Waals surface area contributed by atoms with E-state index in [1.807, 2.05) is 10.6 Å². The van der Waals surface area contributed by atoms with Gasteiger partial charge in [-0.1, -0.05) is 6.07 Å². The molecular weight excluding hydrogens is 519 g/mol. The van der Waals surface area contributed by atoms with Gasteiger partial charge in [-0.3, -0.25) is 4.79 Å². The van der Waals surface area contributed by atoms with Crippen molar-refractivity contribution in [2.24, 2.45) is 0 Å². The Kier molecular flexibility index (Phi) is 8.09. The van der Waals surface area contributed by atoms with Gasteiger partial charge in [-0.25, -0.2) is 23.5 Å². The number of aromatic nitrogens is 3. The second-order valence-electron chi connectivity index (χ2n) is 8.69. The molecule has 1 aliphatic heterocycles. The zero-order valence-corrected chi connectivity index (χ0v) is 19.8. The van der Waals surface area contributed by atoms with E-state index in [9.17, 15) is 26.7 Å². The van der Waals surface area contributed by atoms with E-state index in [-0.39, 0.29) is 11.8 Å². The summed E-state index contributed by atoms with van der Waals surface area (Å²) in [5.74, 6) is -2.49. The number of pyridine rings is 2. The number of aliphatic carboxylic acids is 1. The number of nitrogens with zero attached hydrogens (tertiary/aromatic N) is 3. The van der Waals surface area contributed by atoms with Crippen molar-refractivity contribution in [3.05, 3.63) is 53.7 Å². The van der Waals surface area contributed by atoms with E-state index in [0.29, 0.717) is 17.4 Å². The zero-order valence-electron chi connectivity index (χ0n) is 19.8. The van der Waals surface area contributed by atoms with Gasteiger partial charge in [0, 0.05) is 37.6 Å². The van der Waals surface area contributed by atoms with Gasteiger partial charge in [-0.05, 0) is 37.8 Å². The standard InChI is InChI=1S/C22H22F2N4O3.C2HF3O2/c23-21(24)15-2-1-3-16(25-15)22(29)27-18-12-28-11-17(13-6-8-30-9-7-13)26-20(28)10-19(18)31-14-4-5-14;3-2(4,5)1(6)7/h1-3,10-14,21H,4-9H2,(H,27,29);(H,6,7). The highest BCUT2D eigenvalue weighted by Crippen LogP contribution is 2.34. The van der Waals surface area contributed by atoms with E-state index < -0.39 is 30.2 Å². The van der Waals surface area contributed by atoms with Crippen LogP contribution in [0.1, 0.15) is 59.9 Å². The number of fused-ring (bicyclic) bond motifs is 1. The van der Waals surface area contributed by atoms with Gasteiger partial charge in [0.2, 0.25) is 0 Å². The van der Waals surface area contributed by atoms with E-state index >= 15 is 0 Å². The number of hydrogen-bond donors (Lipinski definition) is 2. The summed E-state index contributed by atoms with van der Waals surface area (Å²) in [6.07, 6.45) is -0.252. The summed E-state index contributed by atoms with van der Waals surface area (Å²) < 4.78 is 70.9. The largest absolute Gasteiger partial charge is 0.490 e. The normalized spacial score (nSPS) is 16.2. The van der Waals surface area contributed by atoms with Crippen LogP contribution in [0.3, 0.4) is 0 Å². The molecule has 5 rings (SSSR count). The van der Waals surface area contributed by atoms with Gasteiger partial charge in [0.25, 0.3) is 12.3 Å². The molecule has 2 N–H and O–H groups in total. The average molecular weight is 542 g/mol. The molecule has 0 bridgehead atoms. The lowest BCUT2D eigenvalue weighted by molar-refractivity contribution is -0.192. The van der Waals surface area contributed by atoms with Gasteiger partial charge in [-0.15, -0.1) is 0 Å². The first-order valence-corrected chi connectivity index (χ1v) is 11.6. The summed E-state index contributed by atoms with van der Waals surface area (Å²) in [7, 11) is 0. The molecular formula is C24H23F5N4O5. The van der Waals surface area contributed by atoms with E-state index in [1.54, 1.807) is 12.3 Å². The number of amides is 1. The number of carboxylic acid groups (broad SMARTS) is 1.